The molecule has 0 bridgehead atoms. The molecule has 0 saturated heterocycles. The smallest absolute Gasteiger partial charge is 1.00 e. The zero-order valence-corrected chi connectivity index (χ0v) is 18.9. The monoisotopic (exact) mass is 433 g/mol. The first-order valence-corrected chi connectivity index (χ1v) is 9.70. The van der Waals surface area contributed by atoms with E-state index in [-0.39, 0.29) is 52.4 Å². The van der Waals surface area contributed by atoms with Crippen LogP contribution in [0.15, 0.2) is 22.3 Å². The summed E-state index contributed by atoms with van der Waals surface area (Å²) in [7, 11) is 0. The summed E-state index contributed by atoms with van der Waals surface area (Å²) in [6.45, 7) is 2.42. The molecule has 1 fully saturated rings. The normalized spacial score (nSPS) is 24.4. The number of fused-ring (bicyclic) bond motifs is 1. The van der Waals surface area contributed by atoms with Crippen LogP contribution in [0.2, 0.25) is 0 Å². The number of carbonyl (C=O) groups is 1. The molecule has 0 amide bonds. The third-order valence-electron chi connectivity index (χ3n) is 6.16. The fourth-order valence-electron chi connectivity index (χ4n) is 4.86. The van der Waals surface area contributed by atoms with Crippen LogP contribution in [0.3, 0.4) is 0 Å². The van der Waals surface area contributed by atoms with Crippen molar-refractivity contribution in [3.63, 3.8) is 0 Å². The van der Waals surface area contributed by atoms with E-state index < -0.39 is 5.97 Å². The van der Waals surface area contributed by atoms with E-state index in [4.69, 9.17) is 5.11 Å². The first kappa shape index (κ1) is 26.1. The van der Waals surface area contributed by atoms with Crippen LogP contribution in [-0.4, -0.2) is 11.1 Å². The standard InChI is InChI=1S/C14H19.C7H12O2.2ClH.Ti/c1-10-11-6-2-4-8-13(11)14-9-5-3-7-12(10)14;8-7(9)6-4-2-1-3-5-6;;;/h6,10H,2-5,7-9H2,1H3;6H,1-5H2,(H,8,9);2*1H;/q-1;;;;+3/p-2. The van der Waals surface area contributed by atoms with Gasteiger partial charge in [-0.25, -0.2) is 12.0 Å². The maximum Gasteiger partial charge on any atom is 3.00 e. The Kier molecular flexibility index (Phi) is 12.6. The van der Waals surface area contributed by atoms with Crippen LogP contribution in [0, 0.1) is 18.3 Å². The van der Waals surface area contributed by atoms with Crippen molar-refractivity contribution in [2.75, 3.05) is 0 Å². The Hall–Kier alpha value is 0.114. The molecule has 0 aromatic rings. The number of halogens is 2. The Bertz CT molecular complexity index is 490. The maximum atomic E-state index is 10.4. The first-order chi connectivity index (χ1) is 11.2. The van der Waals surface area contributed by atoms with Gasteiger partial charge < -0.3 is 29.9 Å². The van der Waals surface area contributed by atoms with Crippen LogP contribution < -0.4 is 24.8 Å². The van der Waals surface area contributed by atoms with Crippen molar-refractivity contribution >= 4 is 5.97 Å². The van der Waals surface area contributed by atoms with Gasteiger partial charge in [0.2, 0.25) is 0 Å². The first-order valence-electron chi connectivity index (χ1n) is 9.70. The summed E-state index contributed by atoms with van der Waals surface area (Å²) >= 11 is 0. The van der Waals surface area contributed by atoms with Gasteiger partial charge in [0.15, 0.2) is 0 Å². The van der Waals surface area contributed by atoms with E-state index in [1.807, 2.05) is 0 Å². The third-order valence-corrected chi connectivity index (χ3v) is 6.16. The van der Waals surface area contributed by atoms with Crippen LogP contribution in [0.25, 0.3) is 0 Å². The Labute approximate surface area is 186 Å². The zero-order chi connectivity index (χ0) is 16.2. The van der Waals surface area contributed by atoms with Crippen LogP contribution in [0.4, 0.5) is 0 Å². The van der Waals surface area contributed by atoms with Gasteiger partial charge in [-0.05, 0) is 38.0 Å². The SMILES string of the molecule is CC1C2=C(CCC[CH-]2)C2=C1CCCC2.O=C(O)C1CCCCC1.[Cl-].[Cl-].[Ti+3]. The predicted molar refractivity (Wildman–Crippen MR) is 94.0 cm³/mol. The topological polar surface area (TPSA) is 37.3 Å². The number of hydrogen-bond acceptors (Lipinski definition) is 1. The predicted octanol–water partition coefficient (Wildman–Crippen LogP) is -0.152. The maximum absolute atomic E-state index is 10.4. The van der Waals surface area contributed by atoms with Crippen molar-refractivity contribution in [3.05, 3.63) is 28.7 Å². The second kappa shape index (κ2) is 12.5. The van der Waals surface area contributed by atoms with E-state index in [9.17, 15) is 4.79 Å². The van der Waals surface area contributed by atoms with Gasteiger partial charge in [0, 0.05) is 0 Å². The molecule has 0 aromatic carbocycles. The number of carboxylic acids is 1. The van der Waals surface area contributed by atoms with Crippen molar-refractivity contribution < 1.29 is 56.4 Å². The molecule has 4 rings (SSSR count). The van der Waals surface area contributed by atoms with E-state index >= 15 is 0 Å². The molecule has 1 N–H and O–H groups in total. The average molecular weight is 434 g/mol. The van der Waals surface area contributed by atoms with Gasteiger partial charge in [0.25, 0.3) is 0 Å². The molecule has 1 saturated carbocycles. The number of aliphatic carboxylic acids is 1. The van der Waals surface area contributed by atoms with Crippen LogP contribution >= 0.6 is 0 Å². The van der Waals surface area contributed by atoms with Gasteiger partial charge in [0.05, 0.1) is 5.92 Å². The van der Waals surface area contributed by atoms with Gasteiger partial charge in [-0.15, -0.1) is 12.0 Å². The molecule has 0 aromatic heterocycles. The minimum atomic E-state index is -0.602. The Morgan fingerprint density at radius 3 is 2.15 bits per heavy atom. The van der Waals surface area contributed by atoms with Crippen molar-refractivity contribution in [1.82, 2.24) is 0 Å². The van der Waals surface area contributed by atoms with Gasteiger partial charge in [0.1, 0.15) is 0 Å². The Balaban J connectivity index is 0.000000466. The number of carboxylic acid groups (broad SMARTS) is 1. The molecular weight excluding hydrogens is 403 g/mol. The molecule has 145 valence electrons. The molecule has 0 spiro atoms. The molecule has 26 heavy (non-hydrogen) atoms. The summed E-state index contributed by atoms with van der Waals surface area (Å²) in [5, 5.41) is 8.54. The Morgan fingerprint density at radius 1 is 0.923 bits per heavy atom. The molecule has 1 radical (unpaired) electrons. The summed E-state index contributed by atoms with van der Waals surface area (Å²) in [6, 6.07) is 0. The molecule has 4 aliphatic carbocycles. The van der Waals surface area contributed by atoms with E-state index in [0.29, 0.717) is 0 Å². The second-order valence-corrected chi connectivity index (χ2v) is 7.64. The summed E-state index contributed by atoms with van der Waals surface area (Å²) in [5.74, 6) is 0.147. The molecule has 5 heteroatoms. The summed E-state index contributed by atoms with van der Waals surface area (Å²) in [4.78, 5) is 10.4. The summed E-state index contributed by atoms with van der Waals surface area (Å²) in [6.07, 6.45) is 17.5. The quantitative estimate of drug-likeness (QED) is 0.461. The van der Waals surface area contributed by atoms with Crippen LogP contribution in [0.1, 0.15) is 84.0 Å². The largest absolute Gasteiger partial charge is 3.00 e. The van der Waals surface area contributed by atoms with Crippen molar-refractivity contribution in [1.29, 1.82) is 0 Å². The van der Waals surface area contributed by atoms with E-state index in [2.05, 4.69) is 13.3 Å². The summed E-state index contributed by atoms with van der Waals surface area (Å²) < 4.78 is 0. The van der Waals surface area contributed by atoms with Crippen molar-refractivity contribution in [2.24, 2.45) is 11.8 Å². The molecular formula is C21H31Cl2O2Ti. The zero-order valence-electron chi connectivity index (χ0n) is 15.8. The van der Waals surface area contributed by atoms with E-state index in [1.54, 1.807) is 22.3 Å². The Morgan fingerprint density at radius 2 is 1.54 bits per heavy atom. The second-order valence-electron chi connectivity index (χ2n) is 7.64. The molecule has 4 aliphatic rings. The molecule has 2 nitrogen and oxygen atoms in total. The van der Waals surface area contributed by atoms with Crippen LogP contribution in [-0.2, 0) is 26.5 Å². The molecule has 1 atom stereocenters. The minimum absolute atomic E-state index is 0. The van der Waals surface area contributed by atoms with Gasteiger partial charge >= 0.3 is 27.7 Å². The van der Waals surface area contributed by atoms with E-state index in [1.165, 1.54) is 51.4 Å². The molecule has 0 heterocycles. The average Bonchev–Trinajstić information content (AvgIpc) is 2.90. The minimum Gasteiger partial charge on any atom is -1.00 e. The fraction of sp³-hybridized carbons (Fsp3) is 0.714. The number of rotatable bonds is 1. The molecule has 0 aliphatic heterocycles. The van der Waals surface area contributed by atoms with Crippen LogP contribution in [0.5, 0.6) is 0 Å². The van der Waals surface area contributed by atoms with Crippen molar-refractivity contribution in [3.8, 4) is 0 Å². The summed E-state index contributed by atoms with van der Waals surface area (Å²) in [5.41, 5.74) is 7.07. The third kappa shape index (κ3) is 6.06. The number of allylic oxidation sites excluding steroid dienone is 4. The number of hydrogen-bond donors (Lipinski definition) is 1. The van der Waals surface area contributed by atoms with E-state index in [0.717, 1.165) is 31.6 Å². The van der Waals surface area contributed by atoms with Gasteiger partial charge in [-0.1, -0.05) is 51.0 Å². The fourth-order valence-corrected chi connectivity index (χ4v) is 4.86. The van der Waals surface area contributed by atoms with Crippen molar-refractivity contribution in [2.45, 2.75) is 84.0 Å². The molecule has 1 unspecified atom stereocenters. The van der Waals surface area contributed by atoms with Gasteiger partial charge in [-0.3, -0.25) is 4.79 Å². The van der Waals surface area contributed by atoms with Gasteiger partial charge in [-0.2, -0.15) is 5.57 Å².